The number of carbonyl (C=O) groups is 2. The van der Waals surface area contributed by atoms with Crippen LogP contribution in [0.3, 0.4) is 0 Å². The van der Waals surface area contributed by atoms with Gasteiger partial charge in [-0.2, -0.15) is 0 Å². The van der Waals surface area contributed by atoms with Gasteiger partial charge in [0.15, 0.2) is 0 Å². The number of pyridine rings is 2. The Morgan fingerprint density at radius 2 is 2.07 bits per heavy atom. The second-order valence-electron chi connectivity index (χ2n) is 7.43. The van der Waals surface area contributed by atoms with Gasteiger partial charge < -0.3 is 14.0 Å². The number of aromatic nitrogens is 2. The molecule has 152 valence electrons. The van der Waals surface area contributed by atoms with E-state index in [1.807, 2.05) is 24.3 Å². The first-order valence-electron chi connectivity index (χ1n) is 9.59. The minimum absolute atomic E-state index is 0.150. The molecule has 0 aliphatic carbocycles. The normalized spacial score (nSPS) is 19.1. The molecule has 0 N–H and O–H groups in total. The summed E-state index contributed by atoms with van der Waals surface area (Å²) < 4.78 is 13.3. The third-order valence-corrected chi connectivity index (χ3v) is 6.72. The molecule has 1 aromatic carbocycles. The molecule has 2 aliphatic heterocycles. The quantitative estimate of drug-likeness (QED) is 0.419. The van der Waals surface area contributed by atoms with Gasteiger partial charge in [-0.15, -0.1) is 0 Å². The molecule has 0 bridgehead atoms. The van der Waals surface area contributed by atoms with Crippen LogP contribution in [-0.4, -0.2) is 21.5 Å². The monoisotopic (exact) mass is 468 g/mol. The second-order valence-corrected chi connectivity index (χ2v) is 8.23. The van der Waals surface area contributed by atoms with Crippen molar-refractivity contribution in [3.8, 4) is 11.4 Å². The van der Waals surface area contributed by atoms with Crippen LogP contribution in [-0.2, 0) is 37.8 Å². The predicted octanol–water partition coefficient (Wildman–Crippen LogP) is 3.41. The molecular weight excluding hydrogens is 452 g/mol. The maximum atomic E-state index is 13.4. The summed E-state index contributed by atoms with van der Waals surface area (Å²) in [6, 6.07) is 9.47. The number of cyclic esters (lactones) is 1. The first-order valence-corrected chi connectivity index (χ1v) is 10.4. The van der Waals surface area contributed by atoms with Crippen molar-refractivity contribution < 1.29 is 19.1 Å². The summed E-state index contributed by atoms with van der Waals surface area (Å²) in [6.07, 6.45) is 0.156. The van der Waals surface area contributed by atoms with Crippen molar-refractivity contribution in [3.63, 3.8) is 0 Å². The SMILES string of the molecule is CC[C@@]1(OC(C)=O)C(=O)OCc2c1cc1n(c2=O)Cc2c-1nc1ccccc1c2Br. The molecule has 0 saturated carbocycles. The molecule has 0 spiro atoms. The van der Waals surface area contributed by atoms with Crippen LogP contribution in [0.4, 0.5) is 0 Å². The van der Waals surface area contributed by atoms with E-state index in [0.717, 1.165) is 20.9 Å². The lowest BCUT2D eigenvalue weighted by atomic mass is 9.85. The Morgan fingerprint density at radius 3 is 2.80 bits per heavy atom. The van der Waals surface area contributed by atoms with E-state index >= 15 is 0 Å². The van der Waals surface area contributed by atoms with Gasteiger partial charge in [0.25, 0.3) is 5.56 Å². The number of halogens is 1. The zero-order valence-electron chi connectivity index (χ0n) is 16.3. The number of carbonyl (C=O) groups excluding carboxylic acids is 2. The third-order valence-electron chi connectivity index (χ3n) is 5.81. The third kappa shape index (κ3) is 2.43. The molecule has 2 aromatic heterocycles. The number of hydrogen-bond acceptors (Lipinski definition) is 6. The van der Waals surface area contributed by atoms with Gasteiger partial charge in [-0.05, 0) is 34.5 Å². The number of benzene rings is 1. The predicted molar refractivity (Wildman–Crippen MR) is 112 cm³/mol. The molecule has 0 amide bonds. The summed E-state index contributed by atoms with van der Waals surface area (Å²) in [5.41, 5.74) is 1.77. The molecule has 0 fully saturated rings. The molecule has 1 atom stereocenters. The van der Waals surface area contributed by atoms with Gasteiger partial charge in [0.2, 0.25) is 5.60 Å². The van der Waals surface area contributed by atoms with E-state index < -0.39 is 17.5 Å². The van der Waals surface area contributed by atoms with Gasteiger partial charge in [0, 0.05) is 27.9 Å². The summed E-state index contributed by atoms with van der Waals surface area (Å²) in [5.74, 6) is -1.28. The van der Waals surface area contributed by atoms with E-state index in [-0.39, 0.29) is 18.6 Å². The van der Waals surface area contributed by atoms with Gasteiger partial charge in [-0.1, -0.05) is 25.1 Å². The summed E-state index contributed by atoms with van der Waals surface area (Å²) in [6.45, 7) is 3.17. The van der Waals surface area contributed by atoms with Crippen molar-refractivity contribution in [3.05, 3.63) is 61.8 Å². The molecule has 5 rings (SSSR count). The zero-order valence-corrected chi connectivity index (χ0v) is 17.9. The Morgan fingerprint density at radius 1 is 1.30 bits per heavy atom. The Hall–Kier alpha value is -3.00. The van der Waals surface area contributed by atoms with Crippen LogP contribution < -0.4 is 5.56 Å². The van der Waals surface area contributed by atoms with Crippen LogP contribution in [0.1, 0.15) is 37.0 Å². The lowest BCUT2D eigenvalue weighted by Gasteiger charge is -2.35. The largest absolute Gasteiger partial charge is 0.457 e. The zero-order chi connectivity index (χ0) is 21.2. The number of ether oxygens (including phenoxy) is 2. The lowest BCUT2D eigenvalue weighted by Crippen LogP contribution is -2.47. The fourth-order valence-corrected chi connectivity index (χ4v) is 5.03. The molecular formula is C22H17BrN2O5. The highest BCUT2D eigenvalue weighted by Crippen LogP contribution is 2.42. The molecule has 2 aliphatic rings. The highest BCUT2D eigenvalue weighted by atomic mass is 79.9. The number of fused-ring (bicyclic) bond motifs is 5. The van der Waals surface area contributed by atoms with E-state index in [1.54, 1.807) is 17.6 Å². The smallest absolute Gasteiger partial charge is 0.355 e. The molecule has 8 heteroatoms. The number of rotatable bonds is 2. The van der Waals surface area contributed by atoms with Crippen LogP contribution >= 0.6 is 15.9 Å². The Kier molecular flexibility index (Phi) is 4.12. The van der Waals surface area contributed by atoms with E-state index in [0.29, 0.717) is 29.1 Å². The Labute approximate surface area is 179 Å². The standard InChI is InChI=1S/C22H17BrN2O5/c1-3-22(30-11(2)26)15-8-17-19-13(18(23)12-6-4-5-7-16(12)24-19)9-25(17)20(27)14(15)10-29-21(22)28/h4-8H,3,9-10H2,1-2H3/t22-/m0/s1. The summed E-state index contributed by atoms with van der Waals surface area (Å²) >= 11 is 3.67. The number of hydrogen-bond donors (Lipinski definition) is 0. The van der Waals surface area contributed by atoms with E-state index in [9.17, 15) is 14.4 Å². The van der Waals surface area contributed by atoms with Gasteiger partial charge in [-0.3, -0.25) is 9.59 Å². The number of nitrogens with zero attached hydrogens (tertiary/aromatic N) is 2. The molecule has 3 aromatic rings. The molecule has 30 heavy (non-hydrogen) atoms. The number of para-hydroxylation sites is 1. The van der Waals surface area contributed by atoms with Crippen molar-refractivity contribution in [2.75, 3.05) is 0 Å². The van der Waals surface area contributed by atoms with Crippen LogP contribution in [0.5, 0.6) is 0 Å². The highest BCUT2D eigenvalue weighted by Gasteiger charge is 2.50. The first kappa shape index (κ1) is 19.0. The van der Waals surface area contributed by atoms with E-state index in [2.05, 4.69) is 15.9 Å². The van der Waals surface area contributed by atoms with Crippen LogP contribution in [0, 0.1) is 0 Å². The molecule has 0 saturated heterocycles. The van der Waals surface area contributed by atoms with Crippen molar-refractivity contribution in [1.29, 1.82) is 0 Å². The maximum absolute atomic E-state index is 13.4. The summed E-state index contributed by atoms with van der Waals surface area (Å²) in [4.78, 5) is 42.7. The topological polar surface area (TPSA) is 87.5 Å². The second kappa shape index (κ2) is 6.50. The fourth-order valence-electron chi connectivity index (χ4n) is 4.38. The number of esters is 2. The van der Waals surface area contributed by atoms with Crippen molar-refractivity contribution in [1.82, 2.24) is 9.55 Å². The van der Waals surface area contributed by atoms with Gasteiger partial charge >= 0.3 is 11.9 Å². The Bertz CT molecular complexity index is 1330. The lowest BCUT2D eigenvalue weighted by molar-refractivity contribution is -0.188. The van der Waals surface area contributed by atoms with Crippen LogP contribution in [0.25, 0.3) is 22.3 Å². The summed E-state index contributed by atoms with van der Waals surface area (Å²) in [7, 11) is 0. The van der Waals surface area contributed by atoms with Crippen LogP contribution in [0.15, 0.2) is 39.6 Å². The van der Waals surface area contributed by atoms with Crippen molar-refractivity contribution in [2.45, 2.75) is 39.0 Å². The van der Waals surface area contributed by atoms with E-state index in [4.69, 9.17) is 14.5 Å². The minimum Gasteiger partial charge on any atom is -0.457 e. The first-order chi connectivity index (χ1) is 14.4. The van der Waals surface area contributed by atoms with Gasteiger partial charge in [0.1, 0.15) is 6.61 Å². The summed E-state index contributed by atoms with van der Waals surface area (Å²) in [5, 5.41) is 0.961. The van der Waals surface area contributed by atoms with Gasteiger partial charge in [0.05, 0.1) is 29.0 Å². The average Bonchev–Trinajstić information content (AvgIpc) is 3.10. The highest BCUT2D eigenvalue weighted by molar-refractivity contribution is 9.10. The molecule has 4 heterocycles. The minimum atomic E-state index is -1.63. The maximum Gasteiger partial charge on any atom is 0.355 e. The van der Waals surface area contributed by atoms with Crippen molar-refractivity contribution in [2.24, 2.45) is 0 Å². The molecule has 7 nitrogen and oxygen atoms in total. The van der Waals surface area contributed by atoms with Gasteiger partial charge in [-0.25, -0.2) is 9.78 Å². The van der Waals surface area contributed by atoms with E-state index in [1.165, 1.54) is 6.92 Å². The van der Waals surface area contributed by atoms with Crippen molar-refractivity contribution >= 4 is 38.8 Å². The fraction of sp³-hybridized carbons (Fsp3) is 0.273. The molecule has 0 unspecified atom stereocenters. The Balaban J connectivity index is 1.82. The molecule has 0 radical (unpaired) electrons. The van der Waals surface area contributed by atoms with Crippen LogP contribution in [0.2, 0.25) is 0 Å². The average molecular weight is 469 g/mol.